The van der Waals surface area contributed by atoms with Crippen molar-refractivity contribution in [1.82, 2.24) is 4.98 Å². The molecule has 0 spiro atoms. The molecule has 0 aliphatic carbocycles. The third kappa shape index (κ3) is 3.18. The maximum atomic E-state index is 12.3. The van der Waals surface area contributed by atoms with Gasteiger partial charge in [-0.05, 0) is 31.2 Å². The molecule has 0 atom stereocenters. The van der Waals surface area contributed by atoms with Crippen LogP contribution in [0.4, 0.5) is 5.69 Å². The first-order chi connectivity index (χ1) is 10.6. The van der Waals surface area contributed by atoms with Crippen LogP contribution in [0, 0.1) is 6.92 Å². The smallest absolute Gasteiger partial charge is 0.257 e. The second-order valence-electron chi connectivity index (χ2n) is 4.77. The van der Waals surface area contributed by atoms with Crippen molar-refractivity contribution in [3.8, 4) is 11.3 Å². The summed E-state index contributed by atoms with van der Waals surface area (Å²) in [4.78, 5) is 16.7. The molecule has 3 rings (SSSR count). The van der Waals surface area contributed by atoms with Crippen molar-refractivity contribution in [2.24, 2.45) is 0 Å². The number of halogens is 1. The fraction of sp³-hybridized carbons (Fsp3) is 0.0588. The van der Waals surface area contributed by atoms with Crippen LogP contribution in [-0.2, 0) is 0 Å². The Labute approximate surface area is 137 Å². The van der Waals surface area contributed by atoms with Gasteiger partial charge < -0.3 is 5.32 Å². The summed E-state index contributed by atoms with van der Waals surface area (Å²) >= 11 is 7.65. The van der Waals surface area contributed by atoms with Crippen LogP contribution in [0.3, 0.4) is 0 Å². The number of thiazole rings is 1. The summed E-state index contributed by atoms with van der Waals surface area (Å²) in [7, 11) is 0. The molecule has 0 aliphatic heterocycles. The molecule has 1 amide bonds. The number of amides is 1. The number of aromatic nitrogens is 1. The van der Waals surface area contributed by atoms with Gasteiger partial charge in [0.1, 0.15) is 0 Å². The Morgan fingerprint density at radius 3 is 2.73 bits per heavy atom. The second kappa shape index (κ2) is 6.30. The van der Waals surface area contributed by atoms with E-state index < -0.39 is 0 Å². The molecule has 3 nitrogen and oxygen atoms in total. The van der Waals surface area contributed by atoms with Crippen molar-refractivity contribution < 1.29 is 4.79 Å². The van der Waals surface area contributed by atoms with Gasteiger partial charge in [0.25, 0.3) is 5.91 Å². The topological polar surface area (TPSA) is 42.0 Å². The van der Waals surface area contributed by atoms with Gasteiger partial charge in [0.05, 0.1) is 21.3 Å². The lowest BCUT2D eigenvalue weighted by molar-refractivity contribution is 0.102. The lowest BCUT2D eigenvalue weighted by atomic mass is 10.1. The number of carbonyl (C=O) groups is 1. The van der Waals surface area contributed by atoms with Crippen molar-refractivity contribution in [2.75, 3.05) is 5.32 Å². The standard InChI is InChI=1S/C17H13ClN2OS/c1-11-19-16(10-22-11)12-5-4-6-13(9-12)20-17(21)14-7-2-3-8-15(14)18/h2-10H,1H3,(H,20,21). The highest BCUT2D eigenvalue weighted by molar-refractivity contribution is 7.09. The largest absolute Gasteiger partial charge is 0.322 e. The van der Waals surface area contributed by atoms with Gasteiger partial charge in [0.15, 0.2) is 0 Å². The number of nitrogens with zero attached hydrogens (tertiary/aromatic N) is 1. The summed E-state index contributed by atoms with van der Waals surface area (Å²) in [6.45, 7) is 1.97. The highest BCUT2D eigenvalue weighted by Crippen LogP contribution is 2.25. The van der Waals surface area contributed by atoms with E-state index >= 15 is 0 Å². The van der Waals surface area contributed by atoms with Gasteiger partial charge in [-0.1, -0.05) is 35.9 Å². The van der Waals surface area contributed by atoms with E-state index in [-0.39, 0.29) is 5.91 Å². The molecule has 5 heteroatoms. The molecule has 3 aromatic rings. The van der Waals surface area contributed by atoms with Crippen molar-refractivity contribution in [2.45, 2.75) is 6.92 Å². The average molecular weight is 329 g/mol. The lowest BCUT2D eigenvalue weighted by Gasteiger charge is -2.07. The molecular weight excluding hydrogens is 316 g/mol. The summed E-state index contributed by atoms with van der Waals surface area (Å²) in [5.41, 5.74) is 3.06. The number of rotatable bonds is 3. The van der Waals surface area contributed by atoms with Crippen LogP contribution in [0.5, 0.6) is 0 Å². The Bertz CT molecular complexity index is 829. The van der Waals surface area contributed by atoms with Crippen molar-refractivity contribution in [1.29, 1.82) is 0 Å². The molecule has 0 unspecified atom stereocenters. The molecule has 2 aromatic carbocycles. The third-order valence-electron chi connectivity index (χ3n) is 3.15. The Balaban J connectivity index is 1.84. The minimum atomic E-state index is -0.225. The molecule has 0 saturated heterocycles. The van der Waals surface area contributed by atoms with Gasteiger partial charge in [-0.15, -0.1) is 11.3 Å². The molecule has 0 bridgehead atoms. The van der Waals surface area contributed by atoms with Gasteiger partial charge in [0.2, 0.25) is 0 Å². The molecule has 1 N–H and O–H groups in total. The zero-order chi connectivity index (χ0) is 15.5. The van der Waals surface area contributed by atoms with Crippen LogP contribution >= 0.6 is 22.9 Å². The first-order valence-electron chi connectivity index (χ1n) is 6.72. The van der Waals surface area contributed by atoms with E-state index in [1.54, 1.807) is 35.6 Å². The first-order valence-corrected chi connectivity index (χ1v) is 7.98. The molecule has 0 fully saturated rings. The molecule has 110 valence electrons. The summed E-state index contributed by atoms with van der Waals surface area (Å²) in [6.07, 6.45) is 0. The molecule has 1 heterocycles. The van der Waals surface area contributed by atoms with Crippen LogP contribution in [0.25, 0.3) is 11.3 Å². The predicted molar refractivity (Wildman–Crippen MR) is 91.7 cm³/mol. The third-order valence-corrected chi connectivity index (χ3v) is 4.26. The Morgan fingerprint density at radius 1 is 1.18 bits per heavy atom. The zero-order valence-corrected chi connectivity index (χ0v) is 13.4. The number of hydrogen-bond acceptors (Lipinski definition) is 3. The van der Waals surface area contributed by atoms with Gasteiger partial charge in [-0.25, -0.2) is 4.98 Å². The summed E-state index contributed by atoms with van der Waals surface area (Å²) in [5.74, 6) is -0.225. The first kappa shape index (κ1) is 14.8. The van der Waals surface area contributed by atoms with E-state index in [1.807, 2.05) is 36.6 Å². The number of nitrogens with one attached hydrogen (secondary N) is 1. The van der Waals surface area contributed by atoms with E-state index in [1.165, 1.54) is 0 Å². The van der Waals surface area contributed by atoms with Gasteiger partial charge in [0, 0.05) is 16.6 Å². The van der Waals surface area contributed by atoms with Crippen LogP contribution in [0.1, 0.15) is 15.4 Å². The molecule has 1 aromatic heterocycles. The summed E-state index contributed by atoms with van der Waals surface area (Å²) in [5, 5.41) is 6.32. The normalized spacial score (nSPS) is 10.5. The monoisotopic (exact) mass is 328 g/mol. The Morgan fingerprint density at radius 2 is 2.00 bits per heavy atom. The number of carbonyl (C=O) groups excluding carboxylic acids is 1. The summed E-state index contributed by atoms with van der Waals surface area (Å²) in [6, 6.07) is 14.6. The van der Waals surface area contributed by atoms with Crippen LogP contribution in [0.15, 0.2) is 53.9 Å². The molecule has 0 aliphatic rings. The Hall–Kier alpha value is -2.17. The molecule has 0 saturated carbocycles. The van der Waals surface area contributed by atoms with Crippen LogP contribution in [-0.4, -0.2) is 10.9 Å². The zero-order valence-electron chi connectivity index (χ0n) is 11.8. The van der Waals surface area contributed by atoms with Gasteiger partial charge in [-0.3, -0.25) is 4.79 Å². The van der Waals surface area contributed by atoms with Crippen LogP contribution < -0.4 is 5.32 Å². The van der Waals surface area contributed by atoms with E-state index in [4.69, 9.17) is 11.6 Å². The maximum Gasteiger partial charge on any atom is 0.257 e. The van der Waals surface area contributed by atoms with Crippen molar-refractivity contribution in [3.63, 3.8) is 0 Å². The van der Waals surface area contributed by atoms with E-state index in [0.29, 0.717) is 16.3 Å². The highest BCUT2D eigenvalue weighted by Gasteiger charge is 2.10. The molecular formula is C17H13ClN2OS. The molecule has 22 heavy (non-hydrogen) atoms. The fourth-order valence-electron chi connectivity index (χ4n) is 2.10. The van der Waals surface area contributed by atoms with Crippen LogP contribution in [0.2, 0.25) is 5.02 Å². The number of aryl methyl sites for hydroxylation is 1. The lowest BCUT2D eigenvalue weighted by Crippen LogP contribution is -2.12. The minimum absolute atomic E-state index is 0.225. The van der Waals surface area contributed by atoms with Crippen molar-refractivity contribution in [3.05, 3.63) is 69.5 Å². The second-order valence-corrected chi connectivity index (χ2v) is 6.24. The summed E-state index contributed by atoms with van der Waals surface area (Å²) < 4.78 is 0. The van der Waals surface area contributed by atoms with E-state index in [9.17, 15) is 4.79 Å². The average Bonchev–Trinajstić information content (AvgIpc) is 2.94. The SMILES string of the molecule is Cc1nc(-c2cccc(NC(=O)c3ccccc3Cl)c2)cs1. The number of benzene rings is 2. The predicted octanol–water partition coefficient (Wildman–Crippen LogP) is 5.02. The number of hydrogen-bond donors (Lipinski definition) is 1. The van der Waals surface area contributed by atoms with E-state index in [2.05, 4.69) is 10.3 Å². The van der Waals surface area contributed by atoms with E-state index in [0.717, 1.165) is 16.3 Å². The number of anilines is 1. The highest BCUT2D eigenvalue weighted by atomic mass is 35.5. The maximum absolute atomic E-state index is 12.3. The quantitative estimate of drug-likeness (QED) is 0.733. The molecule has 0 radical (unpaired) electrons. The fourth-order valence-corrected chi connectivity index (χ4v) is 2.94. The van der Waals surface area contributed by atoms with Gasteiger partial charge >= 0.3 is 0 Å². The minimum Gasteiger partial charge on any atom is -0.322 e. The van der Waals surface area contributed by atoms with Gasteiger partial charge in [-0.2, -0.15) is 0 Å². The van der Waals surface area contributed by atoms with Crippen molar-refractivity contribution >= 4 is 34.5 Å². The Kier molecular flexibility index (Phi) is 4.22.